The van der Waals surface area contributed by atoms with Gasteiger partial charge in [0.05, 0.1) is 23.3 Å². The van der Waals surface area contributed by atoms with Gasteiger partial charge < -0.3 is 14.6 Å². The Morgan fingerprint density at radius 1 is 1.06 bits per heavy atom. The number of ether oxygens (including phenoxy) is 1. The third-order valence-electron chi connectivity index (χ3n) is 4.65. The Morgan fingerprint density at radius 3 is 2.67 bits per heavy atom. The fourth-order valence-electron chi connectivity index (χ4n) is 3.18. The summed E-state index contributed by atoms with van der Waals surface area (Å²) >= 11 is 9.56. The van der Waals surface area contributed by atoms with Crippen LogP contribution in [-0.4, -0.2) is 33.8 Å². The number of benzene rings is 3. The molecule has 4 rings (SSSR count). The fraction of sp³-hybridized carbons (Fsp3) is 0.125. The van der Waals surface area contributed by atoms with E-state index in [1.807, 2.05) is 65.2 Å². The van der Waals surface area contributed by atoms with Crippen molar-refractivity contribution in [2.24, 2.45) is 0 Å². The Morgan fingerprint density at radius 2 is 1.88 bits per heavy atom. The SMILES string of the molecule is O=C(COC(=O)CSc1nc2cc(Cl)ccc2n1Cc1ccccc1)Nc1cccc(I)c1. The van der Waals surface area contributed by atoms with Crippen LogP contribution in [0.1, 0.15) is 5.56 Å². The molecule has 0 radical (unpaired) electrons. The Balaban J connectivity index is 1.39. The van der Waals surface area contributed by atoms with Gasteiger partial charge in [-0.15, -0.1) is 0 Å². The lowest BCUT2D eigenvalue weighted by molar-refractivity contribution is -0.144. The lowest BCUT2D eigenvalue weighted by Crippen LogP contribution is -2.21. The summed E-state index contributed by atoms with van der Waals surface area (Å²) in [5, 5.41) is 3.99. The van der Waals surface area contributed by atoms with Crippen molar-refractivity contribution in [3.63, 3.8) is 0 Å². The molecule has 0 saturated heterocycles. The Labute approximate surface area is 213 Å². The lowest BCUT2D eigenvalue weighted by atomic mass is 10.2. The number of amides is 1. The predicted molar refractivity (Wildman–Crippen MR) is 140 cm³/mol. The minimum absolute atomic E-state index is 0.0301. The summed E-state index contributed by atoms with van der Waals surface area (Å²) in [6.45, 7) is 0.259. The highest BCUT2D eigenvalue weighted by atomic mass is 127. The number of hydrogen-bond acceptors (Lipinski definition) is 5. The van der Waals surface area contributed by atoms with E-state index in [0.717, 1.165) is 20.2 Å². The van der Waals surface area contributed by atoms with Gasteiger partial charge in [-0.1, -0.05) is 59.8 Å². The van der Waals surface area contributed by atoms with E-state index in [1.165, 1.54) is 11.8 Å². The van der Waals surface area contributed by atoms with E-state index in [0.29, 0.717) is 22.4 Å². The van der Waals surface area contributed by atoms with E-state index in [9.17, 15) is 9.59 Å². The van der Waals surface area contributed by atoms with Crippen LogP contribution in [-0.2, 0) is 20.9 Å². The maximum atomic E-state index is 12.3. The molecule has 4 aromatic rings. The van der Waals surface area contributed by atoms with Crippen molar-refractivity contribution in [1.29, 1.82) is 0 Å². The molecule has 33 heavy (non-hydrogen) atoms. The quantitative estimate of drug-likeness (QED) is 0.164. The molecule has 6 nitrogen and oxygen atoms in total. The van der Waals surface area contributed by atoms with E-state index in [4.69, 9.17) is 16.3 Å². The molecule has 0 saturated carbocycles. The largest absolute Gasteiger partial charge is 0.455 e. The van der Waals surface area contributed by atoms with Crippen LogP contribution in [0, 0.1) is 3.57 Å². The highest BCUT2D eigenvalue weighted by molar-refractivity contribution is 14.1. The molecule has 1 amide bonds. The van der Waals surface area contributed by atoms with Crippen LogP contribution in [0.25, 0.3) is 11.0 Å². The third-order valence-corrected chi connectivity index (χ3v) is 6.51. The lowest BCUT2D eigenvalue weighted by Gasteiger charge is -2.09. The minimum Gasteiger partial charge on any atom is -0.455 e. The van der Waals surface area contributed by atoms with Crippen LogP contribution in [0.2, 0.25) is 5.02 Å². The molecule has 1 heterocycles. The van der Waals surface area contributed by atoms with E-state index < -0.39 is 5.97 Å². The molecule has 0 spiro atoms. The predicted octanol–water partition coefficient (Wildman–Crippen LogP) is 5.62. The molecule has 0 aliphatic carbocycles. The number of anilines is 1. The maximum Gasteiger partial charge on any atom is 0.316 e. The Hall–Kier alpha value is -2.56. The summed E-state index contributed by atoms with van der Waals surface area (Å²) in [5.74, 6) is -0.849. The number of nitrogens with zero attached hydrogens (tertiary/aromatic N) is 2. The van der Waals surface area contributed by atoms with Gasteiger partial charge in [-0.2, -0.15) is 0 Å². The van der Waals surface area contributed by atoms with Crippen LogP contribution in [0.15, 0.2) is 78.0 Å². The van der Waals surface area contributed by atoms with Gasteiger partial charge in [0, 0.05) is 14.3 Å². The van der Waals surface area contributed by atoms with Crippen molar-refractivity contribution in [2.75, 3.05) is 17.7 Å². The average molecular weight is 592 g/mol. The number of aromatic nitrogens is 2. The molecule has 0 aliphatic rings. The molecule has 9 heteroatoms. The molecular weight excluding hydrogens is 573 g/mol. The Kier molecular flexibility index (Phi) is 7.89. The fourth-order valence-corrected chi connectivity index (χ4v) is 4.71. The molecule has 0 atom stereocenters. The first kappa shape index (κ1) is 23.6. The smallest absolute Gasteiger partial charge is 0.316 e. The highest BCUT2D eigenvalue weighted by Gasteiger charge is 2.15. The first-order valence-electron chi connectivity index (χ1n) is 10.0. The number of carbonyl (C=O) groups is 2. The van der Waals surface area contributed by atoms with Crippen LogP contribution in [0.5, 0.6) is 0 Å². The van der Waals surface area contributed by atoms with Crippen molar-refractivity contribution in [3.05, 3.63) is 87.0 Å². The van der Waals surface area contributed by atoms with Crippen LogP contribution < -0.4 is 5.32 Å². The summed E-state index contributed by atoms with van der Waals surface area (Å²) in [6.07, 6.45) is 0. The summed E-state index contributed by atoms with van der Waals surface area (Å²) in [5.41, 5.74) is 3.45. The van der Waals surface area contributed by atoms with Crippen molar-refractivity contribution in [1.82, 2.24) is 9.55 Å². The van der Waals surface area contributed by atoms with Gasteiger partial charge in [0.2, 0.25) is 0 Å². The number of halogens is 2. The number of nitrogens with one attached hydrogen (secondary N) is 1. The van der Waals surface area contributed by atoms with Crippen molar-refractivity contribution < 1.29 is 14.3 Å². The molecule has 168 valence electrons. The minimum atomic E-state index is -0.492. The second-order valence-corrected chi connectivity index (χ2v) is 9.73. The average Bonchev–Trinajstić information content (AvgIpc) is 3.13. The third kappa shape index (κ3) is 6.49. The van der Waals surface area contributed by atoms with Crippen molar-refractivity contribution >= 4 is 74.6 Å². The van der Waals surface area contributed by atoms with E-state index in [2.05, 4.69) is 32.9 Å². The summed E-state index contributed by atoms with van der Waals surface area (Å²) in [7, 11) is 0. The molecular formula is C24H19ClIN3O3S. The van der Waals surface area contributed by atoms with Crippen LogP contribution in [0.4, 0.5) is 5.69 Å². The first-order valence-corrected chi connectivity index (χ1v) is 12.5. The maximum absolute atomic E-state index is 12.3. The molecule has 1 aromatic heterocycles. The number of esters is 1. The summed E-state index contributed by atoms with van der Waals surface area (Å²) < 4.78 is 8.19. The van der Waals surface area contributed by atoms with Gasteiger partial charge in [0.25, 0.3) is 5.91 Å². The zero-order valence-electron chi connectivity index (χ0n) is 17.3. The number of thioether (sulfide) groups is 1. The van der Waals surface area contributed by atoms with E-state index in [-0.39, 0.29) is 18.3 Å². The highest BCUT2D eigenvalue weighted by Crippen LogP contribution is 2.27. The monoisotopic (exact) mass is 591 g/mol. The molecule has 1 N–H and O–H groups in total. The van der Waals surface area contributed by atoms with Crippen LogP contribution in [0.3, 0.4) is 0 Å². The summed E-state index contributed by atoms with van der Waals surface area (Å²) in [6, 6.07) is 22.9. The van der Waals surface area contributed by atoms with Gasteiger partial charge in [-0.25, -0.2) is 4.98 Å². The number of fused-ring (bicyclic) bond motifs is 1. The first-order chi connectivity index (χ1) is 16.0. The number of carbonyl (C=O) groups excluding carboxylic acids is 2. The topological polar surface area (TPSA) is 73.2 Å². The Bertz CT molecular complexity index is 1300. The van der Waals surface area contributed by atoms with Gasteiger partial charge in [0.15, 0.2) is 11.8 Å². The normalized spacial score (nSPS) is 10.8. The van der Waals surface area contributed by atoms with Gasteiger partial charge in [-0.05, 0) is 64.6 Å². The number of hydrogen-bond donors (Lipinski definition) is 1. The zero-order chi connectivity index (χ0) is 23.2. The molecule has 0 aliphatic heterocycles. The molecule has 0 fully saturated rings. The van der Waals surface area contributed by atoms with Crippen molar-refractivity contribution in [3.8, 4) is 0 Å². The number of imidazole rings is 1. The van der Waals surface area contributed by atoms with Crippen molar-refractivity contribution in [2.45, 2.75) is 11.7 Å². The van der Waals surface area contributed by atoms with Gasteiger partial charge in [0.1, 0.15) is 0 Å². The number of rotatable bonds is 8. The zero-order valence-corrected chi connectivity index (χ0v) is 21.1. The second kappa shape index (κ2) is 11.0. The van der Waals surface area contributed by atoms with Gasteiger partial charge >= 0.3 is 5.97 Å². The molecule has 0 unspecified atom stereocenters. The molecule has 0 bridgehead atoms. The van der Waals surface area contributed by atoms with Gasteiger partial charge in [-0.3, -0.25) is 9.59 Å². The standard InChI is InChI=1S/C24H19ClIN3O3S/c25-17-9-10-21-20(11-17)28-24(29(21)13-16-5-2-1-3-6-16)33-15-23(31)32-14-22(30)27-19-8-4-7-18(26)12-19/h1-12H,13-15H2,(H,27,30). The van der Waals surface area contributed by atoms with Crippen LogP contribution >= 0.6 is 46.0 Å². The molecule has 3 aromatic carbocycles. The van der Waals surface area contributed by atoms with E-state index >= 15 is 0 Å². The second-order valence-electron chi connectivity index (χ2n) is 7.11. The van der Waals surface area contributed by atoms with E-state index in [1.54, 1.807) is 12.1 Å². The summed E-state index contributed by atoms with van der Waals surface area (Å²) in [4.78, 5) is 29.0.